The highest BCUT2D eigenvalue weighted by Gasteiger charge is 2.38. The van der Waals surface area contributed by atoms with Crippen molar-refractivity contribution in [2.75, 3.05) is 9.80 Å². The molecule has 76 heavy (non-hydrogen) atoms. The maximum absolute atomic E-state index is 4.66. The molecule has 0 bridgehead atoms. The summed E-state index contributed by atoms with van der Waals surface area (Å²) in [5, 5.41) is 0. The number of pyridine rings is 2. The van der Waals surface area contributed by atoms with Gasteiger partial charge in [-0.1, -0.05) is 167 Å². The summed E-state index contributed by atoms with van der Waals surface area (Å²) < 4.78 is 0. The van der Waals surface area contributed by atoms with E-state index in [1.54, 1.807) is 0 Å². The van der Waals surface area contributed by atoms with E-state index < -0.39 is 0 Å². The molecule has 2 aromatic heterocycles. The van der Waals surface area contributed by atoms with E-state index in [0.29, 0.717) is 0 Å². The predicted octanol–water partition coefficient (Wildman–Crippen LogP) is 19.0. The highest BCUT2D eigenvalue weighted by atomic mass is 15.1. The number of hydrogen-bond donors (Lipinski definition) is 0. The van der Waals surface area contributed by atoms with Gasteiger partial charge in [0.05, 0.1) is 0 Å². The van der Waals surface area contributed by atoms with Crippen molar-refractivity contribution in [2.24, 2.45) is 0 Å². The Labute approximate surface area is 447 Å². The number of hydrogen-bond acceptors (Lipinski definition) is 4. The van der Waals surface area contributed by atoms with Crippen LogP contribution in [0.15, 0.2) is 213 Å². The van der Waals surface area contributed by atoms with Crippen molar-refractivity contribution in [1.82, 2.24) is 9.97 Å². The number of nitrogens with zero attached hydrogens (tertiary/aromatic N) is 4. The molecule has 3 aliphatic rings. The lowest BCUT2D eigenvalue weighted by Crippen LogP contribution is -2.16. The molecule has 0 radical (unpaired) electrons. The molecule has 10 aromatic rings. The molecule has 0 aliphatic heterocycles. The summed E-state index contributed by atoms with van der Waals surface area (Å²) in [7, 11) is 0. The van der Waals surface area contributed by atoms with Crippen LogP contribution in [0.25, 0.3) is 63.3 Å². The molecule has 4 nitrogen and oxygen atoms in total. The quantitative estimate of drug-likeness (QED) is 0.128. The fourth-order valence-corrected chi connectivity index (χ4v) is 12.1. The van der Waals surface area contributed by atoms with Gasteiger partial charge in [0.25, 0.3) is 0 Å². The third kappa shape index (κ3) is 7.92. The maximum Gasteiger partial charge on any atom is 0.0492 e. The number of aryl methyl sites for hydroxylation is 2. The van der Waals surface area contributed by atoms with Crippen molar-refractivity contribution in [3.05, 3.63) is 280 Å². The predicted molar refractivity (Wildman–Crippen MR) is 320 cm³/mol. The second-order valence-corrected chi connectivity index (χ2v) is 21.8. The smallest absolute Gasteiger partial charge is 0.0492 e. The fraction of sp³-hybridized carbons (Fsp3) is 0.111. The standard InChI is InChI=1S/C72H58N4/c1-46-8-20-53(21-9-46)75(55-32-36-73-37-33-55)57-24-30-63-61-28-18-51(42-67(61)71(4,5)69(63)44-57)14-12-49-16-26-59-60-27-17-50(41-66(60)48(3)65(59)40-49)13-15-52-19-29-62-64-31-25-58(45-70(64)72(6,7)68(62)43-52)76(56-34-38-74-39-35-56)54-22-10-47(2)11-23-54/h8-45H,3H2,1-2,4-7H3/b14-12+,15-13+. The van der Waals surface area contributed by atoms with Crippen LogP contribution in [0.5, 0.6) is 0 Å². The molecule has 0 N–H and O–H groups in total. The van der Waals surface area contributed by atoms with Gasteiger partial charge in [-0.15, -0.1) is 0 Å². The third-order valence-electron chi connectivity index (χ3n) is 16.3. The highest BCUT2D eigenvalue weighted by molar-refractivity contribution is 6.02. The van der Waals surface area contributed by atoms with Gasteiger partial charge >= 0.3 is 0 Å². The van der Waals surface area contributed by atoms with E-state index >= 15 is 0 Å². The lowest BCUT2D eigenvalue weighted by atomic mass is 9.81. The van der Waals surface area contributed by atoms with Gasteiger partial charge in [-0.3, -0.25) is 9.97 Å². The molecule has 0 unspecified atom stereocenters. The van der Waals surface area contributed by atoms with Crippen molar-refractivity contribution < 1.29 is 0 Å². The van der Waals surface area contributed by atoms with E-state index in [-0.39, 0.29) is 10.8 Å². The average molecular weight is 979 g/mol. The molecule has 0 saturated carbocycles. The molecule has 0 saturated heterocycles. The number of fused-ring (bicyclic) bond motifs is 9. The van der Waals surface area contributed by atoms with E-state index in [4.69, 9.17) is 0 Å². The minimum absolute atomic E-state index is 0.185. The van der Waals surface area contributed by atoms with Crippen LogP contribution >= 0.6 is 0 Å². The minimum Gasteiger partial charge on any atom is -0.310 e. The third-order valence-corrected chi connectivity index (χ3v) is 16.3. The van der Waals surface area contributed by atoms with Gasteiger partial charge in [-0.2, -0.15) is 0 Å². The van der Waals surface area contributed by atoms with Gasteiger partial charge < -0.3 is 9.80 Å². The second kappa shape index (κ2) is 18.1. The molecule has 13 rings (SSSR count). The van der Waals surface area contributed by atoms with Crippen LogP contribution in [0.3, 0.4) is 0 Å². The maximum atomic E-state index is 4.66. The Kier molecular flexibility index (Phi) is 11.1. The topological polar surface area (TPSA) is 32.3 Å². The van der Waals surface area contributed by atoms with E-state index in [1.807, 2.05) is 24.8 Å². The first kappa shape index (κ1) is 46.7. The molecule has 3 aliphatic carbocycles. The fourth-order valence-electron chi connectivity index (χ4n) is 12.1. The molecule has 0 atom stereocenters. The summed E-state index contributed by atoms with van der Waals surface area (Å²) in [5.41, 5.74) is 29.9. The van der Waals surface area contributed by atoms with Crippen molar-refractivity contribution in [2.45, 2.75) is 52.4 Å². The van der Waals surface area contributed by atoms with Gasteiger partial charge in [0.1, 0.15) is 0 Å². The van der Waals surface area contributed by atoms with Crippen LogP contribution in [-0.4, -0.2) is 9.97 Å². The normalized spacial score (nSPS) is 14.1. The largest absolute Gasteiger partial charge is 0.310 e. The Hall–Kier alpha value is -9.12. The van der Waals surface area contributed by atoms with Crippen LogP contribution in [0.1, 0.15) is 94.5 Å². The molecular weight excluding hydrogens is 921 g/mol. The summed E-state index contributed by atoms with van der Waals surface area (Å²) in [6.07, 6.45) is 16.4. The highest BCUT2D eigenvalue weighted by Crippen LogP contribution is 2.53. The summed E-state index contributed by atoms with van der Waals surface area (Å²) in [5.74, 6) is 0. The van der Waals surface area contributed by atoms with E-state index in [2.05, 4.69) is 274 Å². The Balaban J connectivity index is 0.720. The van der Waals surface area contributed by atoms with Crippen LogP contribution in [0, 0.1) is 13.8 Å². The molecular formula is C72H58N4. The van der Waals surface area contributed by atoms with E-state index in [0.717, 1.165) is 50.8 Å². The number of anilines is 6. The number of benzene rings is 8. The van der Waals surface area contributed by atoms with Crippen LogP contribution < -0.4 is 9.80 Å². The van der Waals surface area contributed by atoms with E-state index in [9.17, 15) is 0 Å². The Morgan fingerprint density at radius 3 is 0.974 bits per heavy atom. The van der Waals surface area contributed by atoms with Gasteiger partial charge in [0.2, 0.25) is 0 Å². The van der Waals surface area contributed by atoms with Gasteiger partial charge in [-0.05, 0) is 193 Å². The molecule has 0 amide bonds. The zero-order valence-corrected chi connectivity index (χ0v) is 43.9. The van der Waals surface area contributed by atoms with Crippen LogP contribution in [-0.2, 0) is 10.8 Å². The van der Waals surface area contributed by atoms with Crippen molar-refractivity contribution >= 4 is 64.0 Å². The number of rotatable bonds is 10. The lowest BCUT2D eigenvalue weighted by Gasteiger charge is -2.28. The second-order valence-electron chi connectivity index (χ2n) is 21.8. The lowest BCUT2D eigenvalue weighted by molar-refractivity contribution is 0.660. The molecule has 0 fully saturated rings. The van der Waals surface area contributed by atoms with Crippen LogP contribution in [0.2, 0.25) is 0 Å². The molecule has 2 heterocycles. The number of aromatic nitrogens is 2. The summed E-state index contributed by atoms with van der Waals surface area (Å²) in [4.78, 5) is 13.3. The molecule has 0 spiro atoms. The minimum atomic E-state index is -0.185. The van der Waals surface area contributed by atoms with Crippen LogP contribution in [0.4, 0.5) is 34.1 Å². The molecule has 8 aromatic carbocycles. The molecule has 4 heteroatoms. The first-order valence-corrected chi connectivity index (χ1v) is 26.4. The first-order chi connectivity index (χ1) is 36.9. The first-order valence-electron chi connectivity index (χ1n) is 26.4. The molecule has 366 valence electrons. The van der Waals surface area contributed by atoms with Gasteiger partial charge in [0.15, 0.2) is 0 Å². The van der Waals surface area contributed by atoms with Gasteiger partial charge in [0, 0.05) is 69.7 Å². The van der Waals surface area contributed by atoms with Crippen molar-refractivity contribution in [3.8, 4) is 33.4 Å². The Morgan fingerprint density at radius 1 is 0.316 bits per heavy atom. The van der Waals surface area contributed by atoms with Crippen molar-refractivity contribution in [3.63, 3.8) is 0 Å². The van der Waals surface area contributed by atoms with Gasteiger partial charge in [-0.25, -0.2) is 0 Å². The summed E-state index contributed by atoms with van der Waals surface area (Å²) >= 11 is 0. The zero-order valence-electron chi connectivity index (χ0n) is 43.9. The van der Waals surface area contributed by atoms with E-state index in [1.165, 1.54) is 89.0 Å². The summed E-state index contributed by atoms with van der Waals surface area (Å²) in [6.45, 7) is 18.3. The average Bonchev–Trinajstić information content (AvgIpc) is 4.02. The van der Waals surface area contributed by atoms with Crippen molar-refractivity contribution in [1.29, 1.82) is 0 Å². The Morgan fingerprint density at radius 2 is 0.605 bits per heavy atom. The monoisotopic (exact) mass is 978 g/mol. The Bertz CT molecular complexity index is 3750. The summed E-state index contributed by atoms with van der Waals surface area (Å²) in [6, 6.07) is 67.2. The SMILES string of the molecule is C=C1c2cc(/C=C/c3ccc4c(c3)C(C)(C)c3cc(N(c5ccncc5)c5ccc(C)cc5)ccc3-4)ccc2-c2ccc(/C=C/c3ccc4c(c3)C(C)(C)c3cc(N(c5ccncc5)c5ccc(C)cc5)ccc3-4)cc21. The zero-order chi connectivity index (χ0) is 51.9.